The number of hydrogen-bond donors (Lipinski definition) is 2. The highest BCUT2D eigenvalue weighted by atomic mass is 32.2. The fourth-order valence-electron chi connectivity index (χ4n) is 2.97. The van der Waals surface area contributed by atoms with Gasteiger partial charge in [0.25, 0.3) is 0 Å². The van der Waals surface area contributed by atoms with Crippen LogP contribution in [0.4, 0.5) is 10.5 Å². The first-order valence-electron chi connectivity index (χ1n) is 7.60. The second kappa shape index (κ2) is 5.26. The van der Waals surface area contributed by atoms with E-state index in [4.69, 9.17) is 0 Å². The van der Waals surface area contributed by atoms with Crippen LogP contribution in [0.1, 0.15) is 39.2 Å². The van der Waals surface area contributed by atoms with Crippen molar-refractivity contribution in [2.75, 3.05) is 16.8 Å². The van der Waals surface area contributed by atoms with Crippen LogP contribution in [-0.4, -0.2) is 41.3 Å². The van der Waals surface area contributed by atoms with Crippen LogP contribution in [0.2, 0.25) is 0 Å². The molecule has 2 fully saturated rings. The van der Waals surface area contributed by atoms with Crippen LogP contribution in [-0.2, 0) is 9.84 Å². The van der Waals surface area contributed by atoms with E-state index in [0.717, 1.165) is 0 Å². The zero-order chi connectivity index (χ0) is 16.0. The van der Waals surface area contributed by atoms with Crippen molar-refractivity contribution in [3.8, 4) is 0 Å². The average molecular weight is 326 g/mol. The Morgan fingerprint density at radius 2 is 2.23 bits per heavy atom. The molecule has 2 heterocycles. The van der Waals surface area contributed by atoms with Gasteiger partial charge in [-0.3, -0.25) is 4.68 Å². The van der Waals surface area contributed by atoms with Crippen LogP contribution < -0.4 is 10.6 Å². The molecule has 22 heavy (non-hydrogen) atoms. The molecule has 3 rings (SSSR count). The summed E-state index contributed by atoms with van der Waals surface area (Å²) >= 11 is 0. The van der Waals surface area contributed by atoms with Gasteiger partial charge in [0.15, 0.2) is 9.84 Å². The van der Waals surface area contributed by atoms with E-state index in [0.29, 0.717) is 24.1 Å². The standard InChI is InChI=1S/C14H22N4O3S/c1-10(11-3-4-11)18-8-12(7-15-18)16-13(19)17-14(2)5-6-22(20,21)9-14/h7-8,10-11H,3-6,9H2,1-2H3,(H2,16,17,19). The second-order valence-electron chi connectivity index (χ2n) is 6.77. The quantitative estimate of drug-likeness (QED) is 0.878. The summed E-state index contributed by atoms with van der Waals surface area (Å²) in [6, 6.07) is -0.0469. The number of rotatable bonds is 4. The topological polar surface area (TPSA) is 93.1 Å². The minimum atomic E-state index is -3.04. The Morgan fingerprint density at radius 1 is 1.50 bits per heavy atom. The van der Waals surface area contributed by atoms with Crippen molar-refractivity contribution in [1.82, 2.24) is 15.1 Å². The zero-order valence-electron chi connectivity index (χ0n) is 12.9. The van der Waals surface area contributed by atoms with Gasteiger partial charge in [0.05, 0.1) is 35.0 Å². The highest BCUT2D eigenvalue weighted by Gasteiger charge is 2.39. The molecule has 8 heteroatoms. The number of anilines is 1. The first-order valence-corrected chi connectivity index (χ1v) is 9.42. The van der Waals surface area contributed by atoms with Gasteiger partial charge in [-0.25, -0.2) is 13.2 Å². The van der Waals surface area contributed by atoms with Crippen molar-refractivity contribution >= 4 is 21.6 Å². The fraction of sp³-hybridized carbons (Fsp3) is 0.714. The third-order valence-corrected chi connectivity index (χ3v) is 6.40. The van der Waals surface area contributed by atoms with E-state index < -0.39 is 21.4 Å². The summed E-state index contributed by atoms with van der Waals surface area (Å²) in [5, 5.41) is 9.78. The number of amides is 2. The Kier molecular flexibility index (Phi) is 3.66. The first-order chi connectivity index (χ1) is 10.3. The van der Waals surface area contributed by atoms with Crippen molar-refractivity contribution < 1.29 is 13.2 Å². The molecule has 1 aliphatic carbocycles. The van der Waals surface area contributed by atoms with Gasteiger partial charge in [0.2, 0.25) is 0 Å². The molecule has 1 aromatic rings. The lowest BCUT2D eigenvalue weighted by Crippen LogP contribution is -2.48. The molecule has 1 aromatic heterocycles. The summed E-state index contributed by atoms with van der Waals surface area (Å²) in [6.07, 6.45) is 6.34. The highest BCUT2D eigenvalue weighted by Crippen LogP contribution is 2.39. The average Bonchev–Trinajstić information content (AvgIpc) is 3.09. The molecule has 122 valence electrons. The molecule has 2 unspecified atom stereocenters. The van der Waals surface area contributed by atoms with Gasteiger partial charge in [0, 0.05) is 6.20 Å². The van der Waals surface area contributed by atoms with E-state index in [1.807, 2.05) is 10.9 Å². The Bertz CT molecular complexity index is 680. The minimum absolute atomic E-state index is 0.00854. The van der Waals surface area contributed by atoms with Crippen molar-refractivity contribution in [3.05, 3.63) is 12.4 Å². The summed E-state index contributed by atoms with van der Waals surface area (Å²) < 4.78 is 25.0. The van der Waals surface area contributed by atoms with Crippen molar-refractivity contribution in [1.29, 1.82) is 0 Å². The summed E-state index contributed by atoms with van der Waals surface area (Å²) in [7, 11) is -3.04. The summed E-state index contributed by atoms with van der Waals surface area (Å²) in [6.45, 7) is 3.88. The molecule has 1 aliphatic heterocycles. The molecule has 2 aliphatic rings. The number of carbonyl (C=O) groups is 1. The van der Waals surface area contributed by atoms with Gasteiger partial charge in [-0.1, -0.05) is 0 Å². The molecule has 2 N–H and O–H groups in total. The highest BCUT2D eigenvalue weighted by molar-refractivity contribution is 7.91. The number of urea groups is 1. The van der Waals surface area contributed by atoms with E-state index in [-0.39, 0.29) is 11.5 Å². The second-order valence-corrected chi connectivity index (χ2v) is 8.95. The van der Waals surface area contributed by atoms with E-state index in [1.54, 1.807) is 13.1 Å². The molecule has 0 radical (unpaired) electrons. The molecule has 7 nitrogen and oxygen atoms in total. The maximum Gasteiger partial charge on any atom is 0.319 e. The lowest BCUT2D eigenvalue weighted by molar-refractivity contribution is 0.242. The van der Waals surface area contributed by atoms with E-state index in [2.05, 4.69) is 22.7 Å². The van der Waals surface area contributed by atoms with Crippen LogP contribution >= 0.6 is 0 Å². The maximum absolute atomic E-state index is 12.1. The predicted molar refractivity (Wildman–Crippen MR) is 83.5 cm³/mol. The summed E-state index contributed by atoms with van der Waals surface area (Å²) in [4.78, 5) is 12.1. The number of carbonyl (C=O) groups excluding carboxylic acids is 1. The van der Waals surface area contributed by atoms with E-state index in [9.17, 15) is 13.2 Å². The molecular formula is C14H22N4O3S. The Hall–Kier alpha value is -1.57. The smallest absolute Gasteiger partial charge is 0.319 e. The van der Waals surface area contributed by atoms with Crippen LogP contribution in [0.3, 0.4) is 0 Å². The Morgan fingerprint density at radius 3 is 2.82 bits per heavy atom. The SMILES string of the molecule is CC(C1CC1)n1cc(NC(=O)NC2(C)CCS(=O)(=O)C2)cn1. The fourth-order valence-corrected chi connectivity index (χ4v) is 5.06. The first kappa shape index (κ1) is 15.3. The van der Waals surface area contributed by atoms with Crippen LogP contribution in [0.5, 0.6) is 0 Å². The van der Waals surface area contributed by atoms with Gasteiger partial charge in [-0.2, -0.15) is 5.10 Å². The van der Waals surface area contributed by atoms with Gasteiger partial charge >= 0.3 is 6.03 Å². The van der Waals surface area contributed by atoms with Crippen molar-refractivity contribution in [3.63, 3.8) is 0 Å². The summed E-state index contributed by atoms with van der Waals surface area (Å²) in [5.74, 6) is 0.802. The van der Waals surface area contributed by atoms with Crippen LogP contribution in [0.15, 0.2) is 12.4 Å². The Labute approximate surface area is 130 Å². The van der Waals surface area contributed by atoms with Gasteiger partial charge in [0.1, 0.15) is 0 Å². The number of sulfone groups is 1. The molecule has 2 amide bonds. The van der Waals surface area contributed by atoms with E-state index in [1.165, 1.54) is 12.8 Å². The maximum atomic E-state index is 12.1. The number of nitrogens with one attached hydrogen (secondary N) is 2. The molecule has 0 bridgehead atoms. The number of hydrogen-bond acceptors (Lipinski definition) is 4. The van der Waals surface area contributed by atoms with Gasteiger partial charge in [-0.05, 0) is 39.0 Å². The van der Waals surface area contributed by atoms with Gasteiger partial charge in [-0.15, -0.1) is 0 Å². The monoisotopic (exact) mass is 326 g/mol. The predicted octanol–water partition coefficient (Wildman–Crippen LogP) is 1.55. The third-order valence-electron chi connectivity index (χ3n) is 4.50. The zero-order valence-corrected chi connectivity index (χ0v) is 13.7. The molecule has 0 spiro atoms. The minimum Gasteiger partial charge on any atom is -0.332 e. The molecule has 1 saturated heterocycles. The lowest BCUT2D eigenvalue weighted by Gasteiger charge is -2.23. The summed E-state index contributed by atoms with van der Waals surface area (Å²) in [5.41, 5.74) is -0.0744. The largest absolute Gasteiger partial charge is 0.332 e. The number of aromatic nitrogens is 2. The molecule has 1 saturated carbocycles. The Balaban J connectivity index is 1.58. The normalized spacial score (nSPS) is 28.3. The van der Waals surface area contributed by atoms with Crippen LogP contribution in [0, 0.1) is 5.92 Å². The van der Waals surface area contributed by atoms with Crippen LogP contribution in [0.25, 0.3) is 0 Å². The van der Waals surface area contributed by atoms with Crippen molar-refractivity contribution in [2.24, 2.45) is 5.92 Å². The molecular weight excluding hydrogens is 304 g/mol. The number of nitrogens with zero attached hydrogens (tertiary/aromatic N) is 2. The lowest BCUT2D eigenvalue weighted by atomic mass is 10.0. The van der Waals surface area contributed by atoms with E-state index >= 15 is 0 Å². The molecule has 0 aromatic carbocycles. The third kappa shape index (κ3) is 3.43. The molecule has 2 atom stereocenters. The van der Waals surface area contributed by atoms with Gasteiger partial charge < -0.3 is 10.6 Å². The van der Waals surface area contributed by atoms with Crippen molar-refractivity contribution in [2.45, 2.75) is 44.7 Å².